The smallest absolute Gasteiger partial charge is 0.426 e. The summed E-state index contributed by atoms with van der Waals surface area (Å²) in [6, 6.07) is 7.35. The van der Waals surface area contributed by atoms with E-state index in [1.807, 2.05) is 0 Å². The van der Waals surface area contributed by atoms with Crippen LogP contribution in [0.4, 0.5) is 8.78 Å². The Kier molecular flexibility index (Phi) is 2.38. The van der Waals surface area contributed by atoms with Gasteiger partial charge in [-0.3, -0.25) is 4.79 Å². The zero-order chi connectivity index (χ0) is 9.03. The van der Waals surface area contributed by atoms with E-state index in [1.54, 1.807) is 6.07 Å². The fourth-order valence-electron chi connectivity index (χ4n) is 0.657. The van der Waals surface area contributed by atoms with E-state index in [0.717, 1.165) is 0 Å². The lowest BCUT2D eigenvalue weighted by Crippen LogP contribution is -2.25. The van der Waals surface area contributed by atoms with E-state index < -0.39 is 6.11 Å². The van der Waals surface area contributed by atoms with Gasteiger partial charge in [0, 0.05) is 0 Å². The Bertz CT molecular complexity index is 259. The first-order valence-corrected chi connectivity index (χ1v) is 3.15. The third-order valence-corrected chi connectivity index (χ3v) is 1.11. The molecule has 0 aliphatic carbocycles. The Morgan fingerprint density at radius 1 is 1.25 bits per heavy atom. The van der Waals surface area contributed by atoms with Crippen LogP contribution < -0.4 is 4.74 Å². The number of halogens is 2. The lowest BCUT2D eigenvalue weighted by atomic mass is 10.3. The van der Waals surface area contributed by atoms with Gasteiger partial charge in [0.15, 0.2) is 0 Å². The molecule has 0 saturated carbocycles. The van der Waals surface area contributed by atoms with Gasteiger partial charge in [-0.1, -0.05) is 18.2 Å². The molecule has 0 aliphatic rings. The second-order valence-corrected chi connectivity index (χ2v) is 2.03. The van der Waals surface area contributed by atoms with Gasteiger partial charge in [-0.05, 0) is 12.1 Å². The van der Waals surface area contributed by atoms with Gasteiger partial charge in [-0.2, -0.15) is 8.78 Å². The maximum absolute atomic E-state index is 12.2. The highest BCUT2D eigenvalue weighted by atomic mass is 19.3. The minimum atomic E-state index is -3.86. The molecule has 0 amide bonds. The molecule has 0 fully saturated rings. The normalized spacial score (nSPS) is 10.8. The third kappa shape index (κ3) is 2.30. The predicted molar refractivity (Wildman–Crippen MR) is 37.7 cm³/mol. The Hall–Kier alpha value is -1.45. The first kappa shape index (κ1) is 8.64. The monoisotopic (exact) mass is 171 g/mol. The summed E-state index contributed by atoms with van der Waals surface area (Å²) in [7, 11) is 0. The van der Waals surface area contributed by atoms with Crippen LogP contribution in [0.2, 0.25) is 0 Å². The SMILES string of the molecule is O=[C]C(F)(F)Oc1ccccc1. The zero-order valence-corrected chi connectivity index (χ0v) is 5.96. The molecule has 0 aliphatic heterocycles. The number of alkyl halides is 2. The lowest BCUT2D eigenvalue weighted by molar-refractivity contribution is -0.112. The van der Waals surface area contributed by atoms with Gasteiger partial charge in [-0.25, -0.2) is 0 Å². The van der Waals surface area contributed by atoms with Crippen molar-refractivity contribution in [3.05, 3.63) is 30.3 Å². The van der Waals surface area contributed by atoms with Gasteiger partial charge < -0.3 is 4.74 Å². The van der Waals surface area contributed by atoms with E-state index in [2.05, 4.69) is 4.74 Å². The summed E-state index contributed by atoms with van der Waals surface area (Å²) in [5, 5.41) is 0. The second-order valence-electron chi connectivity index (χ2n) is 2.03. The molecular weight excluding hydrogens is 166 g/mol. The lowest BCUT2D eigenvalue weighted by Gasteiger charge is -2.09. The highest BCUT2D eigenvalue weighted by molar-refractivity contribution is 5.58. The van der Waals surface area contributed by atoms with Gasteiger partial charge in [0.25, 0.3) is 0 Å². The summed E-state index contributed by atoms with van der Waals surface area (Å²) in [6.45, 7) is 0. The zero-order valence-electron chi connectivity index (χ0n) is 5.96. The van der Waals surface area contributed by atoms with Crippen molar-refractivity contribution in [2.75, 3.05) is 0 Å². The Balaban J connectivity index is 2.70. The van der Waals surface area contributed by atoms with E-state index in [0.29, 0.717) is 6.29 Å². The number of carbonyl (C=O) groups excluding carboxylic acids is 1. The maximum Gasteiger partial charge on any atom is 0.469 e. The molecule has 2 nitrogen and oxygen atoms in total. The van der Waals surface area contributed by atoms with Crippen LogP contribution in [-0.4, -0.2) is 12.4 Å². The summed E-state index contributed by atoms with van der Waals surface area (Å²) in [4.78, 5) is 9.63. The van der Waals surface area contributed by atoms with Gasteiger partial charge in [0.2, 0.25) is 0 Å². The van der Waals surface area contributed by atoms with Crippen LogP contribution in [0.3, 0.4) is 0 Å². The molecule has 1 aromatic rings. The molecular formula is C8H5F2O2. The molecule has 1 rings (SSSR count). The fraction of sp³-hybridized carbons (Fsp3) is 0.125. The van der Waals surface area contributed by atoms with Crippen LogP contribution in [0.25, 0.3) is 0 Å². The predicted octanol–water partition coefficient (Wildman–Crippen LogP) is 1.77. The second kappa shape index (κ2) is 3.30. The summed E-state index contributed by atoms with van der Waals surface area (Å²) >= 11 is 0. The van der Waals surface area contributed by atoms with Gasteiger partial charge in [0.05, 0.1) is 0 Å². The number of para-hydroxylation sites is 1. The molecule has 12 heavy (non-hydrogen) atoms. The Morgan fingerprint density at radius 3 is 2.33 bits per heavy atom. The number of ether oxygens (including phenoxy) is 1. The first-order chi connectivity index (χ1) is 5.64. The van der Waals surface area contributed by atoms with Crippen molar-refractivity contribution in [1.82, 2.24) is 0 Å². The van der Waals surface area contributed by atoms with Crippen LogP contribution in [0.1, 0.15) is 0 Å². The minimum absolute atomic E-state index is 0.0640. The molecule has 0 atom stereocenters. The van der Waals surface area contributed by atoms with Crippen LogP contribution in [0.5, 0.6) is 5.75 Å². The van der Waals surface area contributed by atoms with Crippen molar-refractivity contribution < 1.29 is 18.3 Å². The van der Waals surface area contributed by atoms with Crippen molar-refractivity contribution in [3.63, 3.8) is 0 Å². The third-order valence-electron chi connectivity index (χ3n) is 1.11. The quantitative estimate of drug-likeness (QED) is 0.692. The largest absolute Gasteiger partial charge is 0.469 e. The summed E-state index contributed by atoms with van der Waals surface area (Å²) < 4.78 is 28.4. The van der Waals surface area contributed by atoms with Crippen LogP contribution in [0.15, 0.2) is 30.3 Å². The van der Waals surface area contributed by atoms with Gasteiger partial charge in [-0.15, -0.1) is 0 Å². The van der Waals surface area contributed by atoms with E-state index in [1.165, 1.54) is 24.3 Å². The Morgan fingerprint density at radius 2 is 1.83 bits per heavy atom. The van der Waals surface area contributed by atoms with E-state index in [9.17, 15) is 13.6 Å². The van der Waals surface area contributed by atoms with E-state index in [4.69, 9.17) is 0 Å². The molecule has 4 heteroatoms. The molecule has 0 bridgehead atoms. The molecule has 1 radical (unpaired) electrons. The number of hydrogen-bond donors (Lipinski definition) is 0. The highest BCUT2D eigenvalue weighted by Crippen LogP contribution is 2.18. The van der Waals surface area contributed by atoms with E-state index >= 15 is 0 Å². The molecule has 0 heterocycles. The van der Waals surface area contributed by atoms with Crippen molar-refractivity contribution >= 4 is 6.29 Å². The molecule has 63 valence electrons. The van der Waals surface area contributed by atoms with Crippen molar-refractivity contribution in [2.45, 2.75) is 6.11 Å². The van der Waals surface area contributed by atoms with Crippen LogP contribution >= 0.6 is 0 Å². The molecule has 0 unspecified atom stereocenters. The number of hydrogen-bond acceptors (Lipinski definition) is 2. The molecule has 0 aromatic heterocycles. The molecule has 0 saturated heterocycles. The summed E-state index contributed by atoms with van der Waals surface area (Å²) in [5.74, 6) is -0.0640. The average molecular weight is 171 g/mol. The standard InChI is InChI=1S/C8H5F2O2/c9-8(10,6-11)12-7-4-2-1-3-5-7/h1-5H. The van der Waals surface area contributed by atoms with Gasteiger partial charge >= 0.3 is 12.4 Å². The number of rotatable bonds is 3. The highest BCUT2D eigenvalue weighted by Gasteiger charge is 2.32. The van der Waals surface area contributed by atoms with Crippen molar-refractivity contribution in [1.29, 1.82) is 0 Å². The average Bonchev–Trinajstić information content (AvgIpc) is 2.06. The maximum atomic E-state index is 12.2. The summed E-state index contributed by atoms with van der Waals surface area (Å²) in [6.07, 6.45) is -3.38. The first-order valence-electron chi connectivity index (χ1n) is 3.15. The topological polar surface area (TPSA) is 26.3 Å². The van der Waals surface area contributed by atoms with Crippen LogP contribution in [0, 0.1) is 0 Å². The number of benzene rings is 1. The van der Waals surface area contributed by atoms with Gasteiger partial charge in [0.1, 0.15) is 5.75 Å². The van der Waals surface area contributed by atoms with E-state index in [-0.39, 0.29) is 5.75 Å². The molecule has 1 aromatic carbocycles. The van der Waals surface area contributed by atoms with Crippen molar-refractivity contribution in [2.24, 2.45) is 0 Å². The Labute approximate surface area is 67.8 Å². The summed E-state index contributed by atoms with van der Waals surface area (Å²) in [5.41, 5.74) is 0. The molecule has 0 spiro atoms. The van der Waals surface area contributed by atoms with Crippen molar-refractivity contribution in [3.8, 4) is 5.75 Å². The van der Waals surface area contributed by atoms with Crippen LogP contribution in [-0.2, 0) is 4.79 Å². The minimum Gasteiger partial charge on any atom is -0.426 e. The molecule has 0 N–H and O–H groups in total. The fourth-order valence-corrected chi connectivity index (χ4v) is 0.657.